The van der Waals surface area contributed by atoms with Crippen molar-refractivity contribution in [2.75, 3.05) is 7.11 Å². The number of Topliss-reactive ketones (excluding diaryl/α,β-unsaturated/α-hetero) is 1. The van der Waals surface area contributed by atoms with Crippen molar-refractivity contribution in [1.29, 1.82) is 0 Å². The molecule has 172 valence electrons. The van der Waals surface area contributed by atoms with Crippen molar-refractivity contribution < 1.29 is 28.2 Å². The summed E-state index contributed by atoms with van der Waals surface area (Å²) in [7, 11) is 1.25. The molecule has 4 rings (SSSR count). The van der Waals surface area contributed by atoms with Gasteiger partial charge in [0.05, 0.1) is 22.0 Å². The van der Waals surface area contributed by atoms with Crippen molar-refractivity contribution >= 4 is 43.6 Å². The van der Waals surface area contributed by atoms with Crippen LogP contribution in [0.5, 0.6) is 5.75 Å². The largest absolute Gasteiger partial charge is 0.487 e. The van der Waals surface area contributed by atoms with Gasteiger partial charge in [-0.1, -0.05) is 12.1 Å². The molecule has 9 heteroatoms. The summed E-state index contributed by atoms with van der Waals surface area (Å²) in [5.41, 5.74) is 7.91. The summed E-state index contributed by atoms with van der Waals surface area (Å²) in [5, 5.41) is 0. The number of rotatable bonds is 5. The van der Waals surface area contributed by atoms with E-state index in [0.29, 0.717) is 56.4 Å². The zero-order valence-corrected chi connectivity index (χ0v) is 20.8. The van der Waals surface area contributed by atoms with E-state index in [0.717, 1.165) is 0 Å². The molecular weight excluding hydrogens is 561 g/mol. The highest BCUT2D eigenvalue weighted by molar-refractivity contribution is 9.11. The number of hydrogen-bond acceptors (Lipinski definition) is 6. The summed E-state index contributed by atoms with van der Waals surface area (Å²) in [4.78, 5) is 25.5. The van der Waals surface area contributed by atoms with Gasteiger partial charge >= 0.3 is 5.97 Å². The van der Waals surface area contributed by atoms with Crippen LogP contribution in [0.1, 0.15) is 36.3 Å². The smallest absolute Gasteiger partial charge is 0.340 e. The van der Waals surface area contributed by atoms with Crippen LogP contribution in [-0.2, 0) is 25.7 Å². The first kappa shape index (κ1) is 23.5. The lowest BCUT2D eigenvalue weighted by Gasteiger charge is -2.32. The molecule has 33 heavy (non-hydrogen) atoms. The summed E-state index contributed by atoms with van der Waals surface area (Å²) in [6.07, 6.45) is 1.58. The third-order valence-electron chi connectivity index (χ3n) is 5.52. The van der Waals surface area contributed by atoms with Gasteiger partial charge in [-0.25, -0.2) is 9.18 Å². The Hall–Kier alpha value is -2.65. The number of carbonyl (C=O) groups excluding carboxylic acids is 2. The van der Waals surface area contributed by atoms with Gasteiger partial charge in [0.2, 0.25) is 5.88 Å². The second kappa shape index (κ2) is 9.69. The fraction of sp³-hybridized carbons (Fsp3) is 0.250. The van der Waals surface area contributed by atoms with Crippen LogP contribution in [0.15, 0.2) is 68.1 Å². The molecule has 2 N–H and O–H groups in total. The second-order valence-corrected chi connectivity index (χ2v) is 9.36. The van der Waals surface area contributed by atoms with Gasteiger partial charge in [0, 0.05) is 18.4 Å². The third-order valence-corrected chi connectivity index (χ3v) is 6.69. The summed E-state index contributed by atoms with van der Waals surface area (Å²) >= 11 is 7.04. The number of carbonyl (C=O) groups is 2. The number of nitrogens with two attached hydrogens (primary N) is 1. The van der Waals surface area contributed by atoms with Crippen LogP contribution in [-0.4, -0.2) is 18.9 Å². The Morgan fingerprint density at radius 2 is 1.94 bits per heavy atom. The highest BCUT2D eigenvalue weighted by atomic mass is 79.9. The molecule has 2 aliphatic rings. The first-order chi connectivity index (χ1) is 15.8. The van der Waals surface area contributed by atoms with Crippen molar-refractivity contribution in [3.8, 4) is 5.75 Å². The van der Waals surface area contributed by atoms with Crippen molar-refractivity contribution in [1.82, 2.24) is 0 Å². The highest BCUT2D eigenvalue weighted by Crippen LogP contribution is 2.46. The monoisotopic (exact) mass is 579 g/mol. The molecule has 1 aliphatic heterocycles. The van der Waals surface area contributed by atoms with Gasteiger partial charge in [0.15, 0.2) is 5.78 Å². The van der Waals surface area contributed by atoms with Gasteiger partial charge in [-0.05, 0) is 73.7 Å². The molecule has 0 unspecified atom stereocenters. The van der Waals surface area contributed by atoms with Crippen molar-refractivity contribution in [2.24, 2.45) is 5.73 Å². The van der Waals surface area contributed by atoms with Crippen LogP contribution in [0.4, 0.5) is 4.39 Å². The number of esters is 1. The maximum atomic E-state index is 13.5. The van der Waals surface area contributed by atoms with E-state index in [1.807, 2.05) is 0 Å². The average molecular weight is 581 g/mol. The zero-order valence-electron chi connectivity index (χ0n) is 17.6. The average Bonchev–Trinajstić information content (AvgIpc) is 2.77. The minimum absolute atomic E-state index is 0.0704. The topological polar surface area (TPSA) is 87.9 Å². The van der Waals surface area contributed by atoms with Gasteiger partial charge in [0.25, 0.3) is 0 Å². The molecule has 0 spiro atoms. The van der Waals surface area contributed by atoms with E-state index in [1.54, 1.807) is 24.3 Å². The predicted molar refractivity (Wildman–Crippen MR) is 126 cm³/mol. The summed E-state index contributed by atoms with van der Waals surface area (Å²) in [6.45, 7) is 0.152. The Kier molecular flexibility index (Phi) is 6.90. The minimum Gasteiger partial charge on any atom is -0.487 e. The first-order valence-electron chi connectivity index (χ1n) is 10.2. The molecular formula is C24H20Br2FNO5. The molecule has 0 amide bonds. The molecule has 1 aliphatic carbocycles. The first-order valence-corrected chi connectivity index (χ1v) is 11.8. The van der Waals surface area contributed by atoms with Crippen LogP contribution in [0, 0.1) is 5.82 Å². The Morgan fingerprint density at radius 3 is 2.61 bits per heavy atom. The van der Waals surface area contributed by atoms with Crippen LogP contribution in [0.25, 0.3) is 0 Å². The van der Waals surface area contributed by atoms with Gasteiger partial charge in [-0.3, -0.25) is 4.79 Å². The fourth-order valence-electron chi connectivity index (χ4n) is 4.06. The lowest BCUT2D eigenvalue weighted by atomic mass is 9.77. The molecule has 2 aromatic rings. The second-order valence-electron chi connectivity index (χ2n) is 7.65. The van der Waals surface area contributed by atoms with Crippen LogP contribution >= 0.6 is 31.9 Å². The van der Waals surface area contributed by atoms with Gasteiger partial charge in [-0.15, -0.1) is 0 Å². The van der Waals surface area contributed by atoms with E-state index in [4.69, 9.17) is 19.9 Å². The number of methoxy groups -OCH3 is 1. The normalized spacial score (nSPS) is 18.1. The molecule has 0 aromatic heterocycles. The SMILES string of the molecule is COC(=O)C1=C(N)OC2=C(C(=O)CCC2)[C@H]1c1cc(Br)c(OCc2cccc(F)c2)c(Br)c1. The molecule has 1 heterocycles. The standard InChI is InChI=1S/C24H20Br2FNO5/c1-31-24(30)21-19(20-17(29)6-3-7-18(20)33-23(21)28)13-9-15(25)22(16(26)10-13)32-11-12-4-2-5-14(27)8-12/h2,4-5,8-10,19H,3,6-7,11,28H2,1H3/t19-/m1/s1. The lowest BCUT2D eigenvalue weighted by molar-refractivity contribution is -0.136. The summed E-state index contributed by atoms with van der Waals surface area (Å²) in [5.74, 6) is -0.922. The Labute approximate surface area is 206 Å². The molecule has 1 atom stereocenters. The number of ketones is 1. The van der Waals surface area contributed by atoms with E-state index >= 15 is 0 Å². The number of halogens is 3. The van der Waals surface area contributed by atoms with E-state index in [-0.39, 0.29) is 29.7 Å². The predicted octanol–water partition coefficient (Wildman–Crippen LogP) is 5.39. The van der Waals surface area contributed by atoms with Crippen LogP contribution in [0.3, 0.4) is 0 Å². The van der Waals surface area contributed by atoms with Crippen LogP contribution < -0.4 is 10.5 Å². The molecule has 2 aromatic carbocycles. The van der Waals surface area contributed by atoms with Crippen LogP contribution in [0.2, 0.25) is 0 Å². The van der Waals surface area contributed by atoms with E-state index in [1.165, 1.54) is 19.2 Å². The number of allylic oxidation sites excluding steroid dienone is 2. The lowest BCUT2D eigenvalue weighted by Crippen LogP contribution is -2.31. The van der Waals surface area contributed by atoms with Gasteiger partial charge in [0.1, 0.15) is 29.5 Å². The molecule has 0 saturated carbocycles. The van der Waals surface area contributed by atoms with Crippen molar-refractivity contribution in [3.63, 3.8) is 0 Å². The maximum absolute atomic E-state index is 13.5. The van der Waals surface area contributed by atoms with Crippen molar-refractivity contribution in [3.05, 3.63) is 85.1 Å². The summed E-state index contributed by atoms with van der Waals surface area (Å²) < 4.78 is 31.2. The van der Waals surface area contributed by atoms with E-state index < -0.39 is 11.9 Å². The zero-order chi connectivity index (χ0) is 23.7. The molecule has 0 fully saturated rings. The molecule has 0 saturated heterocycles. The maximum Gasteiger partial charge on any atom is 0.340 e. The Morgan fingerprint density at radius 1 is 1.21 bits per heavy atom. The van der Waals surface area contributed by atoms with E-state index in [2.05, 4.69) is 31.9 Å². The van der Waals surface area contributed by atoms with Gasteiger partial charge in [-0.2, -0.15) is 0 Å². The van der Waals surface area contributed by atoms with E-state index in [9.17, 15) is 14.0 Å². The number of benzene rings is 2. The Balaban J connectivity index is 1.74. The quantitative estimate of drug-likeness (QED) is 0.477. The van der Waals surface area contributed by atoms with Gasteiger partial charge < -0.3 is 19.9 Å². The third kappa shape index (κ3) is 4.70. The summed E-state index contributed by atoms with van der Waals surface area (Å²) in [6, 6.07) is 9.68. The number of hydrogen-bond donors (Lipinski definition) is 1. The van der Waals surface area contributed by atoms with Crippen molar-refractivity contribution in [2.45, 2.75) is 31.8 Å². The minimum atomic E-state index is -0.737. The number of ether oxygens (including phenoxy) is 3. The molecule has 6 nitrogen and oxygen atoms in total. The highest BCUT2D eigenvalue weighted by Gasteiger charge is 2.41. The molecule has 0 radical (unpaired) electrons. The Bertz CT molecular complexity index is 1180. The molecule has 0 bridgehead atoms. The fourth-order valence-corrected chi connectivity index (χ4v) is 5.52.